The Labute approximate surface area is 157 Å². The highest BCUT2D eigenvalue weighted by Crippen LogP contribution is 2.26. The average molecular weight is 357 g/mol. The zero-order valence-electron chi connectivity index (χ0n) is 16.9. The molecule has 0 amide bonds. The van der Waals surface area contributed by atoms with E-state index < -0.39 is 0 Å². The maximum atomic E-state index is 10.0. The van der Waals surface area contributed by atoms with E-state index in [1.54, 1.807) is 0 Å². The van der Waals surface area contributed by atoms with Crippen LogP contribution < -0.4 is 0 Å². The van der Waals surface area contributed by atoms with Crippen LogP contribution in [0.3, 0.4) is 0 Å². The standard InChI is InChI=1S/C22H32N2O2/c1-15-9-19(10-16(2)21(15)25)13-24(8-7-23(5)6)14-20-11-17(3)22(26)18(4)12-20/h9-12,25-26H,7-8,13-14H2,1-6H3. The van der Waals surface area contributed by atoms with Crippen LogP contribution >= 0.6 is 0 Å². The SMILES string of the molecule is Cc1cc(CN(CCN(C)C)Cc2cc(C)c(O)c(C)c2)cc(C)c1O. The van der Waals surface area contributed by atoms with Gasteiger partial charge in [0.25, 0.3) is 0 Å². The van der Waals surface area contributed by atoms with Crippen LogP contribution in [0.5, 0.6) is 11.5 Å². The van der Waals surface area contributed by atoms with Gasteiger partial charge in [0, 0.05) is 26.2 Å². The molecule has 4 nitrogen and oxygen atoms in total. The molecule has 0 saturated carbocycles. The van der Waals surface area contributed by atoms with Crippen LogP contribution in [0.15, 0.2) is 24.3 Å². The summed E-state index contributed by atoms with van der Waals surface area (Å²) in [4.78, 5) is 4.60. The lowest BCUT2D eigenvalue weighted by Crippen LogP contribution is -2.31. The molecule has 0 unspecified atom stereocenters. The topological polar surface area (TPSA) is 46.9 Å². The molecular formula is C22H32N2O2. The highest BCUT2D eigenvalue weighted by Gasteiger charge is 2.12. The number of likely N-dealkylation sites (N-methyl/N-ethyl adjacent to an activating group) is 1. The summed E-state index contributed by atoms with van der Waals surface area (Å²) in [5.74, 6) is 0.775. The van der Waals surface area contributed by atoms with Crippen LogP contribution in [-0.2, 0) is 13.1 Å². The van der Waals surface area contributed by atoms with Crippen molar-refractivity contribution < 1.29 is 10.2 Å². The molecule has 142 valence electrons. The molecule has 2 aromatic carbocycles. The van der Waals surface area contributed by atoms with Crippen molar-refractivity contribution in [3.05, 3.63) is 57.6 Å². The number of hydrogen-bond acceptors (Lipinski definition) is 4. The normalized spacial score (nSPS) is 11.5. The molecule has 0 aliphatic rings. The first kappa shape index (κ1) is 20.3. The Balaban J connectivity index is 2.23. The molecule has 0 bridgehead atoms. The molecule has 4 heteroatoms. The summed E-state index contributed by atoms with van der Waals surface area (Å²) in [6.45, 7) is 11.4. The molecule has 2 rings (SSSR count). The number of rotatable bonds is 7. The molecular weight excluding hydrogens is 324 g/mol. The molecule has 0 fully saturated rings. The van der Waals surface area contributed by atoms with Crippen LogP contribution in [0, 0.1) is 27.7 Å². The predicted molar refractivity (Wildman–Crippen MR) is 108 cm³/mol. The lowest BCUT2D eigenvalue weighted by atomic mass is 10.0. The average Bonchev–Trinajstić information content (AvgIpc) is 2.55. The van der Waals surface area contributed by atoms with Crippen molar-refractivity contribution in [3.8, 4) is 11.5 Å². The van der Waals surface area contributed by atoms with Gasteiger partial charge in [-0.25, -0.2) is 0 Å². The fourth-order valence-electron chi connectivity index (χ4n) is 3.35. The molecule has 0 saturated heterocycles. The predicted octanol–water partition coefficient (Wildman–Crippen LogP) is 3.90. The number of aryl methyl sites for hydroxylation is 4. The third kappa shape index (κ3) is 5.23. The zero-order chi connectivity index (χ0) is 19.4. The number of hydrogen-bond donors (Lipinski definition) is 2. The molecule has 0 atom stereocenters. The Hall–Kier alpha value is -2.04. The molecule has 0 heterocycles. The van der Waals surface area contributed by atoms with E-state index in [1.165, 1.54) is 11.1 Å². The van der Waals surface area contributed by atoms with Gasteiger partial charge in [0.15, 0.2) is 0 Å². The van der Waals surface area contributed by atoms with Crippen molar-refractivity contribution in [2.75, 3.05) is 27.2 Å². The summed E-state index contributed by atoms with van der Waals surface area (Å²) in [7, 11) is 4.17. The fourth-order valence-corrected chi connectivity index (χ4v) is 3.35. The monoisotopic (exact) mass is 356 g/mol. The third-order valence-electron chi connectivity index (χ3n) is 4.78. The summed E-state index contributed by atoms with van der Waals surface area (Å²) >= 11 is 0. The first-order valence-electron chi connectivity index (χ1n) is 9.12. The van der Waals surface area contributed by atoms with Crippen LogP contribution in [0.1, 0.15) is 33.4 Å². The van der Waals surface area contributed by atoms with Gasteiger partial charge >= 0.3 is 0 Å². The van der Waals surface area contributed by atoms with Gasteiger partial charge in [-0.15, -0.1) is 0 Å². The van der Waals surface area contributed by atoms with E-state index in [-0.39, 0.29) is 0 Å². The molecule has 0 aliphatic heterocycles. The van der Waals surface area contributed by atoms with Crippen LogP contribution in [0.2, 0.25) is 0 Å². The Bertz CT molecular complexity index is 663. The maximum Gasteiger partial charge on any atom is 0.121 e. The lowest BCUT2D eigenvalue weighted by molar-refractivity contribution is 0.226. The first-order chi connectivity index (χ1) is 12.2. The molecule has 26 heavy (non-hydrogen) atoms. The van der Waals surface area contributed by atoms with E-state index in [9.17, 15) is 10.2 Å². The van der Waals surface area contributed by atoms with Gasteiger partial charge in [0.05, 0.1) is 0 Å². The fraction of sp³-hybridized carbons (Fsp3) is 0.455. The van der Waals surface area contributed by atoms with Gasteiger partial charge in [0.1, 0.15) is 11.5 Å². The van der Waals surface area contributed by atoms with E-state index in [0.717, 1.165) is 48.4 Å². The van der Waals surface area contributed by atoms with Gasteiger partial charge in [-0.2, -0.15) is 0 Å². The molecule has 0 radical (unpaired) electrons. The van der Waals surface area contributed by atoms with Crippen molar-refractivity contribution >= 4 is 0 Å². The van der Waals surface area contributed by atoms with Crippen LogP contribution in [0.4, 0.5) is 0 Å². The van der Waals surface area contributed by atoms with Crippen molar-refractivity contribution in [2.24, 2.45) is 0 Å². The second-order valence-electron chi connectivity index (χ2n) is 7.67. The second kappa shape index (κ2) is 8.56. The van der Waals surface area contributed by atoms with Gasteiger partial charge in [0.2, 0.25) is 0 Å². The van der Waals surface area contributed by atoms with E-state index in [1.807, 2.05) is 27.7 Å². The van der Waals surface area contributed by atoms with E-state index in [4.69, 9.17) is 0 Å². The first-order valence-corrected chi connectivity index (χ1v) is 9.12. The van der Waals surface area contributed by atoms with Crippen molar-refractivity contribution in [3.63, 3.8) is 0 Å². The minimum Gasteiger partial charge on any atom is -0.507 e. The van der Waals surface area contributed by atoms with Crippen LogP contribution in [0.25, 0.3) is 0 Å². The Morgan fingerprint density at radius 3 is 1.31 bits per heavy atom. The Kier molecular flexibility index (Phi) is 6.68. The maximum absolute atomic E-state index is 10.0. The summed E-state index contributed by atoms with van der Waals surface area (Å²) < 4.78 is 0. The van der Waals surface area contributed by atoms with Gasteiger partial charge in [-0.1, -0.05) is 24.3 Å². The van der Waals surface area contributed by atoms with Crippen molar-refractivity contribution in [2.45, 2.75) is 40.8 Å². The minimum atomic E-state index is 0.387. The summed E-state index contributed by atoms with van der Waals surface area (Å²) in [6.07, 6.45) is 0. The third-order valence-corrected chi connectivity index (χ3v) is 4.78. The van der Waals surface area contributed by atoms with E-state index in [2.05, 4.69) is 48.2 Å². The molecule has 0 aromatic heterocycles. The lowest BCUT2D eigenvalue weighted by Gasteiger charge is -2.25. The van der Waals surface area contributed by atoms with Gasteiger partial charge in [-0.3, -0.25) is 4.90 Å². The highest BCUT2D eigenvalue weighted by molar-refractivity contribution is 5.43. The number of phenolic OH excluding ortho intramolecular Hbond substituents is 2. The minimum absolute atomic E-state index is 0.387. The number of aromatic hydroxyl groups is 2. The van der Waals surface area contributed by atoms with E-state index in [0.29, 0.717) is 11.5 Å². The summed E-state index contributed by atoms with van der Waals surface area (Å²) in [5, 5.41) is 20.0. The number of phenols is 2. The quantitative estimate of drug-likeness (QED) is 0.790. The summed E-state index contributed by atoms with van der Waals surface area (Å²) in [5.41, 5.74) is 6.10. The second-order valence-corrected chi connectivity index (χ2v) is 7.67. The van der Waals surface area contributed by atoms with Gasteiger partial charge in [-0.05, 0) is 75.2 Å². The molecule has 2 aromatic rings. The van der Waals surface area contributed by atoms with Crippen molar-refractivity contribution in [1.82, 2.24) is 9.80 Å². The smallest absolute Gasteiger partial charge is 0.121 e. The molecule has 2 N–H and O–H groups in total. The summed E-state index contributed by atoms with van der Waals surface area (Å²) in [6, 6.07) is 8.27. The van der Waals surface area contributed by atoms with Gasteiger partial charge < -0.3 is 15.1 Å². The zero-order valence-corrected chi connectivity index (χ0v) is 16.9. The van der Waals surface area contributed by atoms with Crippen LogP contribution in [-0.4, -0.2) is 47.2 Å². The molecule has 0 aliphatic carbocycles. The molecule has 0 spiro atoms. The number of nitrogens with zero attached hydrogens (tertiary/aromatic N) is 2. The van der Waals surface area contributed by atoms with E-state index >= 15 is 0 Å². The Morgan fingerprint density at radius 2 is 1.00 bits per heavy atom. The Morgan fingerprint density at radius 1 is 0.654 bits per heavy atom. The highest BCUT2D eigenvalue weighted by atomic mass is 16.3. The largest absolute Gasteiger partial charge is 0.507 e. The van der Waals surface area contributed by atoms with Crippen molar-refractivity contribution in [1.29, 1.82) is 0 Å². The number of benzene rings is 2.